The van der Waals surface area contributed by atoms with E-state index in [4.69, 9.17) is 0 Å². The van der Waals surface area contributed by atoms with Gasteiger partial charge < -0.3 is 10.2 Å². The van der Waals surface area contributed by atoms with Crippen LogP contribution in [0.25, 0.3) is 0 Å². The van der Waals surface area contributed by atoms with Crippen LogP contribution in [0.4, 0.5) is 0 Å². The number of aliphatic carboxylic acids is 2. The third kappa shape index (κ3) is 9.31. The molecule has 44 heavy (non-hydrogen) atoms. The minimum atomic E-state index is -0.800. The Bertz CT molecular complexity index is 930. The molecular formula is C38H60N2O4. The smallest absolute Gasteiger partial charge is 0.307 e. The zero-order chi connectivity index (χ0) is 30.7. The van der Waals surface area contributed by atoms with Crippen molar-refractivity contribution < 1.29 is 19.8 Å². The molecule has 2 N–H and O–H groups in total. The van der Waals surface area contributed by atoms with E-state index < -0.39 is 11.9 Å². The predicted octanol–water partition coefficient (Wildman–Crippen LogP) is 7.96. The van der Waals surface area contributed by atoms with Gasteiger partial charge in [0, 0.05) is 37.3 Å². The van der Waals surface area contributed by atoms with Gasteiger partial charge in [-0.15, -0.1) is 0 Å². The van der Waals surface area contributed by atoms with Crippen molar-refractivity contribution in [2.24, 2.45) is 0 Å². The summed E-state index contributed by atoms with van der Waals surface area (Å²) < 4.78 is 0. The summed E-state index contributed by atoms with van der Waals surface area (Å²) in [7, 11) is 0. The van der Waals surface area contributed by atoms with Crippen LogP contribution in [0.1, 0.15) is 151 Å². The molecule has 0 atom stereocenters. The van der Waals surface area contributed by atoms with Gasteiger partial charge in [0.25, 0.3) is 0 Å². The highest BCUT2D eigenvalue weighted by Gasteiger charge is 2.31. The van der Waals surface area contributed by atoms with E-state index in [1.165, 1.54) is 128 Å². The van der Waals surface area contributed by atoms with Crippen LogP contribution in [-0.4, -0.2) is 69.2 Å². The lowest BCUT2D eigenvalue weighted by molar-refractivity contribution is -0.137. The summed E-state index contributed by atoms with van der Waals surface area (Å²) in [5.41, 5.74) is 4.09. The summed E-state index contributed by atoms with van der Waals surface area (Å²) in [6.07, 6.45) is 27.8. The summed E-state index contributed by atoms with van der Waals surface area (Å²) in [5, 5.41) is 19.9. The van der Waals surface area contributed by atoms with Gasteiger partial charge in [-0.25, -0.2) is 0 Å². The minimum absolute atomic E-state index is 0.0114. The van der Waals surface area contributed by atoms with Gasteiger partial charge in [0.1, 0.15) is 0 Å². The largest absolute Gasteiger partial charge is 0.481 e. The zero-order valence-corrected chi connectivity index (χ0v) is 27.5. The second-order valence-corrected chi connectivity index (χ2v) is 14.6. The van der Waals surface area contributed by atoms with Gasteiger partial charge in [0.2, 0.25) is 0 Å². The van der Waals surface area contributed by atoms with Crippen LogP contribution in [0.2, 0.25) is 0 Å². The van der Waals surface area contributed by atoms with Crippen molar-refractivity contribution in [2.75, 3.05) is 13.1 Å². The monoisotopic (exact) mass is 608 g/mol. The zero-order valence-electron chi connectivity index (χ0n) is 27.5. The molecule has 0 bridgehead atoms. The Kier molecular flexibility index (Phi) is 13.0. The van der Waals surface area contributed by atoms with Gasteiger partial charge >= 0.3 is 11.9 Å². The standard InChI is InChI=1S/C38H60N2O4/c41-37(42)27-29-21-22-30(28-38(43)44)36(24-26-40(33-17-9-3-10-18-33)34-19-11-4-12-20-34)35(29)23-25-39(31-13-5-1-6-14-31)32-15-7-2-8-16-32/h21-22,31-34H,1-20,23-28H2,(H,41,42)(H,43,44). The van der Waals surface area contributed by atoms with Crippen LogP contribution < -0.4 is 0 Å². The average molecular weight is 609 g/mol. The van der Waals surface area contributed by atoms with Crippen LogP contribution in [-0.2, 0) is 35.3 Å². The fourth-order valence-corrected chi connectivity index (χ4v) is 9.53. The molecule has 0 aromatic heterocycles. The first-order chi connectivity index (χ1) is 21.5. The highest BCUT2D eigenvalue weighted by atomic mass is 16.4. The summed E-state index contributed by atoms with van der Waals surface area (Å²) in [4.78, 5) is 29.8. The van der Waals surface area contributed by atoms with Crippen molar-refractivity contribution in [3.05, 3.63) is 34.4 Å². The number of nitrogens with zero attached hydrogens (tertiary/aromatic N) is 2. The Morgan fingerprint density at radius 3 is 1.02 bits per heavy atom. The van der Waals surface area contributed by atoms with Crippen molar-refractivity contribution in [1.82, 2.24) is 9.80 Å². The maximum absolute atomic E-state index is 12.1. The van der Waals surface area contributed by atoms with Crippen molar-refractivity contribution >= 4 is 11.9 Å². The van der Waals surface area contributed by atoms with Crippen molar-refractivity contribution in [3.8, 4) is 0 Å². The van der Waals surface area contributed by atoms with E-state index in [0.717, 1.165) is 48.2 Å². The van der Waals surface area contributed by atoms with E-state index >= 15 is 0 Å². The first-order valence-corrected chi connectivity index (χ1v) is 18.6. The normalized spacial score (nSPS) is 21.7. The molecule has 0 heterocycles. The average Bonchev–Trinajstić information content (AvgIpc) is 3.04. The number of hydrogen-bond donors (Lipinski definition) is 2. The quantitative estimate of drug-likeness (QED) is 0.223. The van der Waals surface area contributed by atoms with E-state index in [-0.39, 0.29) is 12.8 Å². The molecule has 4 saturated carbocycles. The van der Waals surface area contributed by atoms with Gasteiger partial charge in [0.15, 0.2) is 0 Å². The molecule has 0 unspecified atom stereocenters. The Hall–Kier alpha value is -1.92. The Morgan fingerprint density at radius 2 is 0.773 bits per heavy atom. The van der Waals surface area contributed by atoms with E-state index in [1.54, 1.807) is 0 Å². The van der Waals surface area contributed by atoms with E-state index in [1.807, 2.05) is 12.1 Å². The lowest BCUT2D eigenvalue weighted by Gasteiger charge is -2.42. The molecule has 246 valence electrons. The highest BCUT2D eigenvalue weighted by molar-refractivity contribution is 5.73. The third-order valence-corrected chi connectivity index (χ3v) is 11.7. The second-order valence-electron chi connectivity index (χ2n) is 14.6. The number of carbonyl (C=O) groups is 2. The number of rotatable bonds is 14. The van der Waals surface area contributed by atoms with E-state index in [2.05, 4.69) is 9.80 Å². The summed E-state index contributed by atoms with van der Waals surface area (Å²) in [6, 6.07) is 6.41. The Balaban J connectivity index is 1.44. The topological polar surface area (TPSA) is 81.1 Å². The van der Waals surface area contributed by atoms with Crippen LogP contribution >= 0.6 is 0 Å². The van der Waals surface area contributed by atoms with Crippen molar-refractivity contribution in [2.45, 2.75) is 178 Å². The predicted molar refractivity (Wildman–Crippen MR) is 177 cm³/mol. The highest BCUT2D eigenvalue weighted by Crippen LogP contribution is 2.33. The molecule has 6 nitrogen and oxygen atoms in total. The van der Waals surface area contributed by atoms with Crippen LogP contribution in [0, 0.1) is 0 Å². The molecule has 1 aromatic carbocycles. The molecule has 6 heteroatoms. The minimum Gasteiger partial charge on any atom is -0.481 e. The number of carboxylic acids is 2. The van der Waals surface area contributed by atoms with Gasteiger partial charge in [0.05, 0.1) is 12.8 Å². The lowest BCUT2D eigenvalue weighted by Crippen LogP contribution is -2.46. The molecule has 4 fully saturated rings. The number of benzene rings is 1. The molecular weight excluding hydrogens is 548 g/mol. The molecule has 0 spiro atoms. The molecule has 0 saturated heterocycles. The Labute approximate surface area is 267 Å². The molecule has 0 aliphatic heterocycles. The maximum Gasteiger partial charge on any atom is 0.307 e. The molecule has 5 rings (SSSR count). The molecule has 4 aliphatic carbocycles. The van der Waals surface area contributed by atoms with Gasteiger partial charge in [-0.1, -0.05) is 89.2 Å². The summed E-state index contributed by atoms with van der Waals surface area (Å²) >= 11 is 0. The Morgan fingerprint density at radius 1 is 0.500 bits per heavy atom. The first kappa shape index (κ1) is 33.4. The van der Waals surface area contributed by atoms with Crippen molar-refractivity contribution in [3.63, 3.8) is 0 Å². The first-order valence-electron chi connectivity index (χ1n) is 18.6. The fourth-order valence-electron chi connectivity index (χ4n) is 9.53. The summed E-state index contributed by atoms with van der Waals surface area (Å²) in [5.74, 6) is -1.60. The van der Waals surface area contributed by atoms with Gasteiger partial charge in [-0.3, -0.25) is 19.4 Å². The molecule has 1 aromatic rings. The molecule has 4 aliphatic rings. The van der Waals surface area contributed by atoms with Crippen LogP contribution in [0.5, 0.6) is 0 Å². The SMILES string of the molecule is O=C(O)Cc1ccc(CC(=O)O)c(CCN(C2CCCCC2)C2CCCCC2)c1CCN(C1CCCCC1)C1CCCCC1. The van der Waals surface area contributed by atoms with Crippen LogP contribution in [0.15, 0.2) is 12.1 Å². The van der Waals surface area contributed by atoms with Crippen molar-refractivity contribution in [1.29, 1.82) is 0 Å². The second kappa shape index (κ2) is 17.1. The number of hydrogen-bond acceptors (Lipinski definition) is 4. The van der Waals surface area contributed by atoms with Gasteiger partial charge in [-0.05, 0) is 86.5 Å². The van der Waals surface area contributed by atoms with Gasteiger partial charge in [-0.2, -0.15) is 0 Å². The van der Waals surface area contributed by atoms with E-state index in [9.17, 15) is 19.8 Å². The van der Waals surface area contributed by atoms with E-state index in [0.29, 0.717) is 24.2 Å². The molecule has 0 amide bonds. The third-order valence-electron chi connectivity index (χ3n) is 11.7. The maximum atomic E-state index is 12.1. The van der Waals surface area contributed by atoms with Crippen LogP contribution in [0.3, 0.4) is 0 Å². The lowest BCUT2D eigenvalue weighted by atomic mass is 9.85. The number of carboxylic acid groups (broad SMARTS) is 2. The fraction of sp³-hybridized carbons (Fsp3) is 0.789. The molecule has 0 radical (unpaired) electrons. The summed E-state index contributed by atoms with van der Waals surface area (Å²) in [6.45, 7) is 1.92.